The average molecular weight is 494 g/mol. The van der Waals surface area contributed by atoms with Crippen LogP contribution in [0.15, 0.2) is 29.6 Å². The number of halogens is 6. The van der Waals surface area contributed by atoms with Gasteiger partial charge in [-0.25, -0.2) is 14.8 Å². The normalized spacial score (nSPS) is 12.2. The van der Waals surface area contributed by atoms with E-state index in [1.54, 1.807) is 38.4 Å². The number of benzene rings is 1. The van der Waals surface area contributed by atoms with Crippen molar-refractivity contribution in [1.29, 1.82) is 0 Å². The minimum Gasteiger partial charge on any atom is -0.462 e. The number of nitrogens with one attached hydrogen (secondary N) is 1. The van der Waals surface area contributed by atoms with Crippen LogP contribution in [-0.4, -0.2) is 47.8 Å². The fourth-order valence-corrected chi connectivity index (χ4v) is 2.92. The Morgan fingerprint density at radius 2 is 1.67 bits per heavy atom. The van der Waals surface area contributed by atoms with E-state index in [0.717, 1.165) is 11.8 Å². The first kappa shape index (κ1) is 26.3. The molecule has 0 aliphatic carbocycles. The molecule has 0 aliphatic rings. The molecular weight excluding hydrogens is 474 g/mol. The van der Waals surface area contributed by atoms with Gasteiger partial charge in [-0.2, -0.15) is 26.3 Å². The van der Waals surface area contributed by atoms with Crippen molar-refractivity contribution in [2.75, 3.05) is 32.3 Å². The number of ether oxygens (including phenoxy) is 1. The van der Waals surface area contributed by atoms with Gasteiger partial charge in [0.1, 0.15) is 11.4 Å². The third kappa shape index (κ3) is 7.01. The Bertz CT molecular complexity index is 1010. The largest absolute Gasteiger partial charge is 0.462 e. The van der Waals surface area contributed by atoms with Gasteiger partial charge in [-0.15, -0.1) is 0 Å². The standard InChI is InChI=1S/C20H20F6N4O2S/c1-5-32-17(31)15-14(6-7-30(2)3)28-18(33-4)29-16(15)27-13-9-11(19(21,22)23)8-12(10-13)20(24,25)26/h6-10H,5H2,1-4H3,(H,27,28,29). The zero-order valence-corrected chi connectivity index (χ0v) is 18.7. The third-order valence-corrected chi connectivity index (χ3v) is 4.51. The predicted octanol–water partition coefficient (Wildman–Crippen LogP) is 5.69. The molecule has 0 atom stereocenters. The first-order chi connectivity index (χ1) is 15.3. The Morgan fingerprint density at radius 1 is 1.09 bits per heavy atom. The van der Waals surface area contributed by atoms with E-state index in [1.807, 2.05) is 0 Å². The molecule has 2 aromatic rings. The molecule has 1 aromatic heterocycles. The number of hydrogen-bond donors (Lipinski definition) is 1. The van der Waals surface area contributed by atoms with E-state index in [9.17, 15) is 31.1 Å². The smallest absolute Gasteiger partial charge is 0.416 e. The van der Waals surface area contributed by atoms with Gasteiger partial charge >= 0.3 is 18.3 Å². The van der Waals surface area contributed by atoms with Crippen LogP contribution in [0.4, 0.5) is 37.8 Å². The molecule has 2 rings (SSSR count). The number of nitrogens with zero attached hydrogens (tertiary/aromatic N) is 3. The summed E-state index contributed by atoms with van der Waals surface area (Å²) in [5, 5.41) is 2.56. The quantitative estimate of drug-likeness (QED) is 0.230. The minimum atomic E-state index is -5.03. The molecule has 0 radical (unpaired) electrons. The lowest BCUT2D eigenvalue weighted by Gasteiger charge is -2.17. The maximum Gasteiger partial charge on any atom is 0.416 e. The monoisotopic (exact) mass is 494 g/mol. The molecule has 1 heterocycles. The minimum absolute atomic E-state index is 0.00991. The predicted molar refractivity (Wildman–Crippen MR) is 112 cm³/mol. The summed E-state index contributed by atoms with van der Waals surface area (Å²) >= 11 is 1.07. The zero-order chi connectivity index (χ0) is 25.0. The van der Waals surface area contributed by atoms with Crippen LogP contribution in [-0.2, 0) is 17.1 Å². The van der Waals surface area contributed by atoms with E-state index < -0.39 is 35.1 Å². The molecule has 13 heteroatoms. The van der Waals surface area contributed by atoms with Crippen molar-refractivity contribution in [1.82, 2.24) is 14.9 Å². The first-order valence-corrected chi connectivity index (χ1v) is 10.5. The first-order valence-electron chi connectivity index (χ1n) is 9.30. The number of alkyl halides is 6. The number of carbonyl (C=O) groups is 1. The fourth-order valence-electron chi connectivity index (χ4n) is 2.55. The highest BCUT2D eigenvalue weighted by molar-refractivity contribution is 7.98. The number of carbonyl (C=O) groups excluding carboxylic acids is 1. The van der Waals surface area contributed by atoms with Crippen LogP contribution < -0.4 is 5.32 Å². The Kier molecular flexibility index (Phi) is 8.22. The average Bonchev–Trinajstić information content (AvgIpc) is 2.70. The van der Waals surface area contributed by atoms with Gasteiger partial charge in [-0.3, -0.25) is 0 Å². The topological polar surface area (TPSA) is 67.3 Å². The van der Waals surface area contributed by atoms with Gasteiger partial charge < -0.3 is 15.0 Å². The molecule has 0 unspecified atom stereocenters. The van der Waals surface area contributed by atoms with Crippen molar-refractivity contribution >= 4 is 35.3 Å². The second kappa shape index (κ2) is 10.3. The number of anilines is 2. The molecule has 0 aliphatic heterocycles. The second-order valence-electron chi connectivity index (χ2n) is 6.74. The van der Waals surface area contributed by atoms with Crippen molar-refractivity contribution in [2.45, 2.75) is 24.4 Å². The van der Waals surface area contributed by atoms with Gasteiger partial charge in [0.15, 0.2) is 5.16 Å². The van der Waals surface area contributed by atoms with Crippen LogP contribution in [0.25, 0.3) is 6.08 Å². The van der Waals surface area contributed by atoms with Crippen LogP contribution in [0.5, 0.6) is 0 Å². The van der Waals surface area contributed by atoms with E-state index in [2.05, 4.69) is 15.3 Å². The summed E-state index contributed by atoms with van der Waals surface area (Å²) in [5.41, 5.74) is -3.74. The van der Waals surface area contributed by atoms with Crippen LogP contribution in [0.2, 0.25) is 0 Å². The molecule has 0 saturated carbocycles. The molecule has 1 aromatic carbocycles. The highest BCUT2D eigenvalue weighted by Crippen LogP contribution is 2.38. The van der Waals surface area contributed by atoms with Crippen LogP contribution >= 0.6 is 11.8 Å². The Labute approximate surface area is 190 Å². The van der Waals surface area contributed by atoms with Crippen molar-refractivity contribution in [3.05, 3.63) is 46.8 Å². The number of rotatable bonds is 7. The van der Waals surface area contributed by atoms with E-state index in [4.69, 9.17) is 4.74 Å². The van der Waals surface area contributed by atoms with E-state index in [-0.39, 0.29) is 34.9 Å². The lowest BCUT2D eigenvalue weighted by atomic mass is 10.1. The molecule has 0 bridgehead atoms. The van der Waals surface area contributed by atoms with Crippen molar-refractivity contribution in [3.63, 3.8) is 0 Å². The van der Waals surface area contributed by atoms with Gasteiger partial charge in [0, 0.05) is 26.0 Å². The molecule has 33 heavy (non-hydrogen) atoms. The van der Waals surface area contributed by atoms with Crippen molar-refractivity contribution < 1.29 is 35.9 Å². The molecule has 0 spiro atoms. The van der Waals surface area contributed by atoms with Crippen LogP contribution in [0, 0.1) is 0 Å². The van der Waals surface area contributed by atoms with Gasteiger partial charge in [0.2, 0.25) is 0 Å². The number of thioether (sulfide) groups is 1. The molecule has 0 saturated heterocycles. The van der Waals surface area contributed by atoms with Gasteiger partial charge in [0.25, 0.3) is 0 Å². The number of hydrogen-bond acceptors (Lipinski definition) is 7. The van der Waals surface area contributed by atoms with E-state index in [0.29, 0.717) is 12.1 Å². The summed E-state index contributed by atoms with van der Waals surface area (Å²) in [5.74, 6) is -1.19. The lowest BCUT2D eigenvalue weighted by molar-refractivity contribution is -0.143. The second-order valence-corrected chi connectivity index (χ2v) is 7.51. The lowest BCUT2D eigenvalue weighted by Crippen LogP contribution is -2.15. The molecule has 1 N–H and O–H groups in total. The highest BCUT2D eigenvalue weighted by atomic mass is 32.2. The third-order valence-electron chi connectivity index (χ3n) is 3.96. The van der Waals surface area contributed by atoms with Gasteiger partial charge in [0.05, 0.1) is 23.4 Å². The zero-order valence-electron chi connectivity index (χ0n) is 17.9. The summed E-state index contributed by atoms with van der Waals surface area (Å²) in [6.07, 6.45) is -5.43. The summed E-state index contributed by atoms with van der Waals surface area (Å²) in [6, 6.07) is 1.01. The Hall–Kier alpha value is -2.96. The van der Waals surface area contributed by atoms with E-state index >= 15 is 0 Å². The summed E-state index contributed by atoms with van der Waals surface area (Å²) in [4.78, 5) is 22.6. The molecule has 0 fully saturated rings. The summed E-state index contributed by atoms with van der Waals surface area (Å²) in [6.45, 7) is 1.51. The Morgan fingerprint density at radius 3 is 2.12 bits per heavy atom. The van der Waals surface area contributed by atoms with E-state index in [1.165, 1.54) is 6.08 Å². The summed E-state index contributed by atoms with van der Waals surface area (Å²) in [7, 11) is 3.41. The molecule has 6 nitrogen and oxygen atoms in total. The van der Waals surface area contributed by atoms with Crippen molar-refractivity contribution in [3.8, 4) is 0 Å². The van der Waals surface area contributed by atoms with Gasteiger partial charge in [-0.05, 0) is 37.5 Å². The maximum absolute atomic E-state index is 13.2. The molecule has 0 amide bonds. The summed E-state index contributed by atoms with van der Waals surface area (Å²) < 4.78 is 84.4. The van der Waals surface area contributed by atoms with Crippen LogP contribution in [0.1, 0.15) is 34.1 Å². The number of esters is 1. The van der Waals surface area contributed by atoms with Gasteiger partial charge in [-0.1, -0.05) is 11.8 Å². The Balaban J connectivity index is 2.73. The SMILES string of the molecule is CCOC(=O)c1c(C=CN(C)C)nc(SC)nc1Nc1cc(C(F)(F)F)cc(C(F)(F)F)c1. The fraction of sp³-hybridized carbons (Fsp3) is 0.350. The molecular formula is C20H20F6N4O2S. The molecule has 180 valence electrons. The van der Waals surface area contributed by atoms with Crippen molar-refractivity contribution in [2.24, 2.45) is 0 Å². The van der Waals surface area contributed by atoms with Crippen LogP contribution in [0.3, 0.4) is 0 Å². The highest BCUT2D eigenvalue weighted by Gasteiger charge is 2.37. The number of aromatic nitrogens is 2. The maximum atomic E-state index is 13.2.